The lowest BCUT2D eigenvalue weighted by Gasteiger charge is -2.33. The van der Waals surface area contributed by atoms with E-state index >= 15 is 0 Å². The van der Waals surface area contributed by atoms with Crippen molar-refractivity contribution in [2.45, 2.75) is 45.1 Å². The molecule has 2 N–H and O–H groups in total. The van der Waals surface area contributed by atoms with Crippen LogP contribution in [0.1, 0.15) is 48.7 Å². The summed E-state index contributed by atoms with van der Waals surface area (Å²) in [4.78, 5) is 21.4. The van der Waals surface area contributed by atoms with Crippen molar-refractivity contribution in [1.82, 2.24) is 9.88 Å². The molecule has 0 bridgehead atoms. The fourth-order valence-electron chi connectivity index (χ4n) is 2.76. The molecule has 20 heavy (non-hydrogen) atoms. The lowest BCUT2D eigenvalue weighted by molar-refractivity contribution is 0.0654. The van der Waals surface area contributed by atoms with Gasteiger partial charge in [-0.05, 0) is 19.8 Å². The maximum absolute atomic E-state index is 12.7. The number of anilines is 2. The molecule has 0 radical (unpaired) electrons. The normalized spacial score (nSPS) is 16.1. The van der Waals surface area contributed by atoms with Crippen LogP contribution in [0.5, 0.6) is 0 Å². The predicted molar refractivity (Wildman–Crippen MR) is 84.4 cm³/mol. The molecule has 1 aliphatic rings. The summed E-state index contributed by atoms with van der Waals surface area (Å²) in [6.45, 7) is 2.77. The van der Waals surface area contributed by atoms with Gasteiger partial charge in [0.2, 0.25) is 0 Å². The maximum atomic E-state index is 12.7. The lowest BCUT2D eigenvalue weighted by Crippen LogP contribution is -2.41. The highest BCUT2D eigenvalue weighted by Crippen LogP contribution is 2.30. The highest BCUT2D eigenvalue weighted by atomic mass is 32.1. The first kappa shape index (κ1) is 15.1. The summed E-state index contributed by atoms with van der Waals surface area (Å²) in [5.41, 5.74) is 5.93. The third-order valence-electron chi connectivity index (χ3n) is 3.84. The summed E-state index contributed by atoms with van der Waals surface area (Å²) >= 11 is 1.38. The minimum atomic E-state index is 0.0440. The number of hydrogen-bond acceptors (Lipinski definition) is 5. The molecular weight excluding hydrogens is 272 g/mol. The molecule has 0 aliphatic heterocycles. The highest BCUT2D eigenvalue weighted by Gasteiger charge is 2.28. The summed E-state index contributed by atoms with van der Waals surface area (Å²) in [6, 6.07) is 0.366. The monoisotopic (exact) mass is 296 g/mol. The van der Waals surface area contributed by atoms with Crippen LogP contribution in [0.3, 0.4) is 0 Å². The van der Waals surface area contributed by atoms with Crippen LogP contribution in [0, 0.1) is 0 Å². The van der Waals surface area contributed by atoms with Gasteiger partial charge in [0.15, 0.2) is 5.13 Å². The van der Waals surface area contributed by atoms with Gasteiger partial charge in [0.05, 0.1) is 0 Å². The largest absolute Gasteiger partial charge is 0.382 e. The molecule has 0 unspecified atom stereocenters. The van der Waals surface area contributed by atoms with E-state index in [2.05, 4.69) is 4.98 Å². The van der Waals surface area contributed by atoms with Crippen molar-refractivity contribution < 1.29 is 4.79 Å². The molecule has 1 saturated carbocycles. The molecule has 1 heterocycles. The number of nitrogens with zero attached hydrogens (tertiary/aromatic N) is 3. The summed E-state index contributed by atoms with van der Waals surface area (Å²) in [5, 5.41) is 0.783. The van der Waals surface area contributed by atoms with Crippen LogP contribution < -0.4 is 10.6 Å². The van der Waals surface area contributed by atoms with Gasteiger partial charge in [0, 0.05) is 26.7 Å². The van der Waals surface area contributed by atoms with E-state index in [0.717, 1.165) is 24.5 Å². The number of carbonyl (C=O) groups is 1. The lowest BCUT2D eigenvalue weighted by atomic mass is 9.94. The smallest absolute Gasteiger partial charge is 0.268 e. The molecule has 5 nitrogen and oxygen atoms in total. The highest BCUT2D eigenvalue weighted by molar-refractivity contribution is 7.18. The molecule has 1 fully saturated rings. The number of carbonyl (C=O) groups excluding carboxylic acids is 1. The van der Waals surface area contributed by atoms with E-state index in [-0.39, 0.29) is 5.91 Å². The number of thiazole rings is 1. The van der Waals surface area contributed by atoms with Crippen LogP contribution in [-0.2, 0) is 0 Å². The molecule has 1 aromatic heterocycles. The van der Waals surface area contributed by atoms with Crippen molar-refractivity contribution in [2.24, 2.45) is 0 Å². The Hall–Kier alpha value is -1.30. The average Bonchev–Trinajstić information content (AvgIpc) is 2.83. The third-order valence-corrected chi connectivity index (χ3v) is 5.06. The number of hydrogen-bond donors (Lipinski definition) is 1. The zero-order valence-electron chi connectivity index (χ0n) is 12.6. The molecule has 6 heteroatoms. The average molecular weight is 296 g/mol. The number of nitrogens with two attached hydrogens (primary N) is 1. The number of aromatic nitrogens is 1. The first-order valence-electron chi connectivity index (χ1n) is 7.29. The van der Waals surface area contributed by atoms with Gasteiger partial charge in [-0.15, -0.1) is 0 Å². The molecule has 2 rings (SSSR count). The second-order valence-corrected chi connectivity index (χ2v) is 6.47. The number of rotatable bonds is 4. The van der Waals surface area contributed by atoms with Crippen LogP contribution >= 0.6 is 11.3 Å². The molecule has 0 atom stereocenters. The van der Waals surface area contributed by atoms with E-state index in [9.17, 15) is 4.79 Å². The molecule has 1 amide bonds. The Morgan fingerprint density at radius 2 is 2.00 bits per heavy atom. The van der Waals surface area contributed by atoms with E-state index in [1.54, 1.807) is 0 Å². The third kappa shape index (κ3) is 3.06. The fraction of sp³-hybridized carbons (Fsp3) is 0.714. The predicted octanol–water partition coefficient (Wildman–Crippen LogP) is 2.59. The summed E-state index contributed by atoms with van der Waals surface area (Å²) in [7, 11) is 3.82. The van der Waals surface area contributed by atoms with Crippen molar-refractivity contribution in [2.75, 3.05) is 31.3 Å². The minimum Gasteiger partial charge on any atom is -0.382 e. The Labute approximate surface area is 124 Å². The van der Waals surface area contributed by atoms with E-state index in [1.165, 1.54) is 30.6 Å². The quantitative estimate of drug-likeness (QED) is 0.927. The zero-order chi connectivity index (χ0) is 14.7. The van der Waals surface area contributed by atoms with Crippen LogP contribution in [0.15, 0.2) is 0 Å². The minimum absolute atomic E-state index is 0.0440. The fourth-order valence-corrected chi connectivity index (χ4v) is 3.62. The number of nitrogen functional groups attached to an aromatic ring is 1. The van der Waals surface area contributed by atoms with E-state index in [0.29, 0.717) is 16.7 Å². The maximum Gasteiger partial charge on any atom is 0.268 e. The first-order chi connectivity index (χ1) is 9.54. The summed E-state index contributed by atoms with van der Waals surface area (Å²) in [5.74, 6) is 0.403. The first-order valence-corrected chi connectivity index (χ1v) is 8.10. The van der Waals surface area contributed by atoms with E-state index in [4.69, 9.17) is 5.73 Å². The topological polar surface area (TPSA) is 62.5 Å². The van der Waals surface area contributed by atoms with Crippen LogP contribution in [0.2, 0.25) is 0 Å². The number of amides is 1. The van der Waals surface area contributed by atoms with E-state index < -0.39 is 0 Å². The van der Waals surface area contributed by atoms with E-state index in [1.807, 2.05) is 30.8 Å². The molecule has 112 valence electrons. The van der Waals surface area contributed by atoms with Crippen molar-refractivity contribution in [1.29, 1.82) is 0 Å². The van der Waals surface area contributed by atoms with Crippen LogP contribution in [0.4, 0.5) is 10.9 Å². The molecule has 0 aromatic carbocycles. The Bertz CT molecular complexity index is 466. The standard InChI is InChI=1S/C14H24N4OS/c1-4-18(10-8-6-5-7-9-10)13(19)11-12(15)16-14(20-11)17(2)3/h10H,4-9,15H2,1-3H3. The Morgan fingerprint density at radius 1 is 1.35 bits per heavy atom. The van der Waals surface area contributed by atoms with Crippen molar-refractivity contribution in [3.8, 4) is 0 Å². The molecule has 0 saturated heterocycles. The van der Waals surface area contributed by atoms with Gasteiger partial charge in [0.25, 0.3) is 5.91 Å². The van der Waals surface area contributed by atoms with Crippen molar-refractivity contribution in [3.05, 3.63) is 4.88 Å². The SMILES string of the molecule is CCN(C(=O)c1sc(N(C)C)nc1N)C1CCCCC1. The molecular formula is C14H24N4OS. The van der Waals surface area contributed by atoms with Gasteiger partial charge < -0.3 is 15.5 Å². The summed E-state index contributed by atoms with van der Waals surface area (Å²) in [6.07, 6.45) is 5.94. The van der Waals surface area contributed by atoms with Crippen molar-refractivity contribution >= 4 is 28.2 Å². The van der Waals surface area contributed by atoms with Gasteiger partial charge >= 0.3 is 0 Å². The molecule has 1 aliphatic carbocycles. The summed E-state index contributed by atoms with van der Waals surface area (Å²) < 4.78 is 0. The molecule has 1 aromatic rings. The van der Waals surface area contributed by atoms with Crippen LogP contribution in [0.25, 0.3) is 0 Å². The van der Waals surface area contributed by atoms with Gasteiger partial charge in [-0.25, -0.2) is 4.98 Å². The van der Waals surface area contributed by atoms with Gasteiger partial charge in [-0.1, -0.05) is 30.6 Å². The van der Waals surface area contributed by atoms with Gasteiger partial charge in [-0.2, -0.15) is 0 Å². The second-order valence-electron chi connectivity index (χ2n) is 5.49. The van der Waals surface area contributed by atoms with Gasteiger partial charge in [0.1, 0.15) is 10.7 Å². The second kappa shape index (κ2) is 6.43. The van der Waals surface area contributed by atoms with Crippen molar-refractivity contribution in [3.63, 3.8) is 0 Å². The Balaban J connectivity index is 2.19. The van der Waals surface area contributed by atoms with Gasteiger partial charge in [-0.3, -0.25) is 4.79 Å². The Morgan fingerprint density at radius 3 is 2.50 bits per heavy atom. The Kier molecular flexibility index (Phi) is 4.86. The molecule has 0 spiro atoms. The van der Waals surface area contributed by atoms with Crippen LogP contribution in [-0.4, -0.2) is 42.5 Å². The zero-order valence-corrected chi connectivity index (χ0v) is 13.4.